The first-order chi connectivity index (χ1) is 11.8. The Hall–Kier alpha value is -3.22. The Morgan fingerprint density at radius 1 is 1.00 bits per heavy atom. The Morgan fingerprint density at radius 3 is 2.40 bits per heavy atom. The van der Waals surface area contributed by atoms with E-state index < -0.39 is 17.6 Å². The largest absolute Gasteiger partial charge is 0.508 e. The number of nitrogens with one attached hydrogen (secondary N) is 1. The van der Waals surface area contributed by atoms with Crippen molar-refractivity contribution in [2.45, 2.75) is 6.18 Å². The normalized spacial score (nSPS) is 11.3. The van der Waals surface area contributed by atoms with Crippen LogP contribution >= 0.6 is 0 Å². The molecule has 128 valence electrons. The van der Waals surface area contributed by atoms with Gasteiger partial charge in [0.05, 0.1) is 5.56 Å². The standard InChI is InChI=1S/C18H12F3NO3/c19-18(20,21)12-3-1-2-11(10-12)15-8-9-16(25-15)17(24)22-13-4-6-14(23)7-5-13/h1-10,23H,(H,22,24). The number of anilines is 1. The summed E-state index contributed by atoms with van der Waals surface area (Å²) in [5.41, 5.74) is -0.130. The Bertz CT molecular complexity index is 898. The molecule has 3 aromatic rings. The number of benzene rings is 2. The van der Waals surface area contributed by atoms with Gasteiger partial charge in [-0.15, -0.1) is 0 Å². The number of hydrogen-bond donors (Lipinski definition) is 2. The van der Waals surface area contributed by atoms with Crippen molar-refractivity contribution in [1.29, 1.82) is 0 Å². The lowest BCUT2D eigenvalue weighted by atomic mass is 10.1. The highest BCUT2D eigenvalue weighted by Crippen LogP contribution is 2.32. The number of rotatable bonds is 3. The molecule has 2 N–H and O–H groups in total. The number of halogens is 3. The Balaban J connectivity index is 1.80. The van der Waals surface area contributed by atoms with Gasteiger partial charge in [0, 0.05) is 11.3 Å². The molecule has 0 aliphatic carbocycles. The van der Waals surface area contributed by atoms with Crippen LogP contribution < -0.4 is 5.32 Å². The van der Waals surface area contributed by atoms with E-state index in [1.807, 2.05) is 0 Å². The van der Waals surface area contributed by atoms with Crippen LogP contribution in [0.5, 0.6) is 5.75 Å². The summed E-state index contributed by atoms with van der Waals surface area (Å²) in [6.07, 6.45) is -4.46. The topological polar surface area (TPSA) is 62.5 Å². The van der Waals surface area contributed by atoms with E-state index in [9.17, 15) is 23.1 Å². The van der Waals surface area contributed by atoms with Crippen molar-refractivity contribution in [3.05, 3.63) is 72.0 Å². The minimum atomic E-state index is -4.46. The maximum atomic E-state index is 12.8. The summed E-state index contributed by atoms with van der Waals surface area (Å²) in [5.74, 6) is -0.380. The molecule has 0 bridgehead atoms. The predicted octanol–water partition coefficient (Wildman–Crippen LogP) is 4.92. The van der Waals surface area contributed by atoms with E-state index in [1.54, 1.807) is 0 Å². The van der Waals surface area contributed by atoms with E-state index >= 15 is 0 Å². The Kier molecular flexibility index (Phi) is 4.22. The fourth-order valence-corrected chi connectivity index (χ4v) is 2.20. The van der Waals surface area contributed by atoms with E-state index in [2.05, 4.69) is 5.32 Å². The van der Waals surface area contributed by atoms with Crippen molar-refractivity contribution < 1.29 is 27.5 Å². The van der Waals surface area contributed by atoms with Crippen LogP contribution in [0.2, 0.25) is 0 Å². The number of furan rings is 1. The van der Waals surface area contributed by atoms with Crippen molar-refractivity contribution in [2.24, 2.45) is 0 Å². The number of phenolic OH excluding ortho intramolecular Hbond substituents is 1. The molecule has 25 heavy (non-hydrogen) atoms. The number of hydrogen-bond acceptors (Lipinski definition) is 3. The first-order valence-electron chi connectivity index (χ1n) is 7.21. The molecular formula is C18H12F3NO3. The van der Waals surface area contributed by atoms with Gasteiger partial charge in [-0.3, -0.25) is 4.79 Å². The molecule has 7 heteroatoms. The number of carbonyl (C=O) groups is 1. The molecule has 3 rings (SSSR count). The van der Waals surface area contributed by atoms with Gasteiger partial charge in [0.25, 0.3) is 5.91 Å². The van der Waals surface area contributed by atoms with Gasteiger partial charge < -0.3 is 14.8 Å². The smallest absolute Gasteiger partial charge is 0.416 e. The van der Waals surface area contributed by atoms with Crippen LogP contribution in [0.3, 0.4) is 0 Å². The highest BCUT2D eigenvalue weighted by atomic mass is 19.4. The van der Waals surface area contributed by atoms with Gasteiger partial charge in [0.15, 0.2) is 5.76 Å². The monoisotopic (exact) mass is 347 g/mol. The molecule has 1 amide bonds. The van der Waals surface area contributed by atoms with Gasteiger partial charge in [-0.25, -0.2) is 0 Å². The zero-order valence-corrected chi connectivity index (χ0v) is 12.7. The molecule has 0 unspecified atom stereocenters. The lowest BCUT2D eigenvalue weighted by Crippen LogP contribution is -2.10. The molecule has 1 heterocycles. The lowest BCUT2D eigenvalue weighted by Gasteiger charge is -2.07. The van der Waals surface area contributed by atoms with Gasteiger partial charge in [0.1, 0.15) is 11.5 Å². The van der Waals surface area contributed by atoms with Crippen LogP contribution in [0.1, 0.15) is 16.1 Å². The summed E-state index contributed by atoms with van der Waals surface area (Å²) in [5, 5.41) is 11.8. The molecule has 0 saturated carbocycles. The highest BCUT2D eigenvalue weighted by Gasteiger charge is 2.30. The van der Waals surface area contributed by atoms with Gasteiger partial charge in [-0.2, -0.15) is 13.2 Å². The third-order valence-corrected chi connectivity index (χ3v) is 3.43. The van der Waals surface area contributed by atoms with Crippen molar-refractivity contribution in [2.75, 3.05) is 5.32 Å². The average molecular weight is 347 g/mol. The van der Waals surface area contributed by atoms with Crippen molar-refractivity contribution in [3.63, 3.8) is 0 Å². The Morgan fingerprint density at radius 2 is 1.72 bits per heavy atom. The van der Waals surface area contributed by atoms with E-state index in [4.69, 9.17) is 4.42 Å². The van der Waals surface area contributed by atoms with Crippen LogP contribution in [0.15, 0.2) is 65.1 Å². The van der Waals surface area contributed by atoms with Crippen LogP contribution in [0.25, 0.3) is 11.3 Å². The van der Waals surface area contributed by atoms with Crippen molar-refractivity contribution in [1.82, 2.24) is 0 Å². The molecule has 0 radical (unpaired) electrons. The van der Waals surface area contributed by atoms with Gasteiger partial charge in [0.2, 0.25) is 0 Å². The SMILES string of the molecule is O=C(Nc1ccc(O)cc1)c1ccc(-c2cccc(C(F)(F)F)c2)o1. The quantitative estimate of drug-likeness (QED) is 0.661. The molecule has 2 aromatic carbocycles. The first kappa shape index (κ1) is 16.6. The molecule has 0 aliphatic heterocycles. The summed E-state index contributed by atoms with van der Waals surface area (Å²) in [4.78, 5) is 12.1. The van der Waals surface area contributed by atoms with Crippen LogP contribution in [-0.2, 0) is 6.18 Å². The molecule has 0 fully saturated rings. The lowest BCUT2D eigenvalue weighted by molar-refractivity contribution is -0.137. The average Bonchev–Trinajstić information content (AvgIpc) is 3.06. The van der Waals surface area contributed by atoms with Crippen molar-refractivity contribution >= 4 is 11.6 Å². The summed E-state index contributed by atoms with van der Waals surface area (Å²) in [7, 11) is 0. The molecule has 4 nitrogen and oxygen atoms in total. The minimum absolute atomic E-state index is 0.0412. The molecule has 0 atom stereocenters. The second-order valence-corrected chi connectivity index (χ2v) is 5.24. The number of aromatic hydroxyl groups is 1. The number of amides is 1. The van der Waals surface area contributed by atoms with Crippen molar-refractivity contribution in [3.8, 4) is 17.1 Å². The first-order valence-corrected chi connectivity index (χ1v) is 7.21. The minimum Gasteiger partial charge on any atom is -0.508 e. The number of carbonyl (C=O) groups excluding carboxylic acids is 1. The second kappa shape index (κ2) is 6.35. The molecule has 0 saturated heterocycles. The van der Waals surface area contributed by atoms with Gasteiger partial charge in [-0.1, -0.05) is 12.1 Å². The predicted molar refractivity (Wildman–Crippen MR) is 85.2 cm³/mol. The van der Waals surface area contributed by atoms with Crippen LogP contribution in [-0.4, -0.2) is 11.0 Å². The maximum absolute atomic E-state index is 12.8. The number of phenols is 1. The number of alkyl halides is 3. The van der Waals surface area contributed by atoms with Crippen LogP contribution in [0.4, 0.5) is 18.9 Å². The maximum Gasteiger partial charge on any atom is 0.416 e. The van der Waals surface area contributed by atoms with E-state index in [0.717, 1.165) is 12.1 Å². The zero-order valence-electron chi connectivity index (χ0n) is 12.7. The zero-order chi connectivity index (χ0) is 18.0. The summed E-state index contributed by atoms with van der Waals surface area (Å²) < 4.78 is 43.7. The molecule has 1 aromatic heterocycles. The third kappa shape index (κ3) is 3.82. The molecule has 0 aliphatic rings. The summed E-state index contributed by atoms with van der Waals surface area (Å²) in [6.45, 7) is 0. The van der Waals surface area contributed by atoms with Crippen LogP contribution in [0, 0.1) is 0 Å². The van der Waals surface area contributed by atoms with E-state index in [1.165, 1.54) is 48.5 Å². The molecular weight excluding hydrogens is 335 g/mol. The fraction of sp³-hybridized carbons (Fsp3) is 0.0556. The van der Waals surface area contributed by atoms with E-state index in [0.29, 0.717) is 5.69 Å². The van der Waals surface area contributed by atoms with E-state index in [-0.39, 0.29) is 22.8 Å². The Labute approximate surface area is 140 Å². The third-order valence-electron chi connectivity index (χ3n) is 3.43. The summed E-state index contributed by atoms with van der Waals surface area (Å²) >= 11 is 0. The summed E-state index contributed by atoms with van der Waals surface area (Å²) in [6, 6.07) is 13.3. The highest BCUT2D eigenvalue weighted by molar-refractivity contribution is 6.02. The fourth-order valence-electron chi connectivity index (χ4n) is 2.20. The van der Waals surface area contributed by atoms with Gasteiger partial charge >= 0.3 is 6.18 Å². The second-order valence-electron chi connectivity index (χ2n) is 5.24. The molecule has 0 spiro atoms. The van der Waals surface area contributed by atoms with Gasteiger partial charge in [-0.05, 0) is 48.5 Å².